The zero-order valence-corrected chi connectivity index (χ0v) is 15.3. The summed E-state index contributed by atoms with van der Waals surface area (Å²) in [6, 6.07) is 21.2. The summed E-state index contributed by atoms with van der Waals surface area (Å²) >= 11 is 0. The van der Waals surface area contributed by atoms with Gasteiger partial charge in [0.25, 0.3) is 0 Å². The van der Waals surface area contributed by atoms with Crippen molar-refractivity contribution in [1.29, 1.82) is 0 Å². The Morgan fingerprint density at radius 2 is 1.69 bits per heavy atom. The second-order valence-electron chi connectivity index (χ2n) is 7.25. The molecule has 0 aliphatic carbocycles. The van der Waals surface area contributed by atoms with Crippen molar-refractivity contribution in [3.8, 4) is 11.3 Å². The zero-order valence-electron chi connectivity index (χ0n) is 15.3. The van der Waals surface area contributed by atoms with Crippen molar-refractivity contribution >= 4 is 0 Å². The fourth-order valence-corrected chi connectivity index (χ4v) is 4.14. The van der Waals surface area contributed by atoms with E-state index in [4.69, 9.17) is 10.8 Å². The normalized spacial score (nSPS) is 20.5. The average molecular weight is 346 g/mol. The first-order valence-electron chi connectivity index (χ1n) is 9.30. The summed E-state index contributed by atoms with van der Waals surface area (Å²) in [6.07, 6.45) is 2.15. The number of hydrogen-bond donors (Lipinski definition) is 1. The Balaban J connectivity index is 1.55. The van der Waals surface area contributed by atoms with Crippen LogP contribution in [0, 0.1) is 5.92 Å². The highest BCUT2D eigenvalue weighted by molar-refractivity contribution is 5.62. The van der Waals surface area contributed by atoms with Gasteiger partial charge >= 0.3 is 0 Å². The summed E-state index contributed by atoms with van der Waals surface area (Å²) in [5, 5.41) is 4.70. The van der Waals surface area contributed by atoms with Gasteiger partial charge in [-0.05, 0) is 18.0 Å². The number of aryl methyl sites for hydroxylation is 1. The van der Waals surface area contributed by atoms with Gasteiger partial charge in [-0.25, -0.2) is 0 Å². The third-order valence-electron chi connectivity index (χ3n) is 5.39. The predicted molar refractivity (Wildman–Crippen MR) is 106 cm³/mol. The molecule has 4 rings (SSSR count). The zero-order chi connectivity index (χ0) is 17.9. The molecule has 1 fully saturated rings. The largest absolute Gasteiger partial charge is 0.330 e. The van der Waals surface area contributed by atoms with Gasteiger partial charge in [0, 0.05) is 49.9 Å². The minimum absolute atomic E-state index is 0.509. The molecule has 0 spiro atoms. The van der Waals surface area contributed by atoms with Gasteiger partial charge in [0.05, 0.1) is 5.69 Å². The van der Waals surface area contributed by atoms with E-state index in [1.54, 1.807) is 0 Å². The van der Waals surface area contributed by atoms with E-state index in [2.05, 4.69) is 65.7 Å². The fraction of sp³-hybridized carbons (Fsp3) is 0.318. The lowest BCUT2D eigenvalue weighted by atomic mass is 9.89. The van der Waals surface area contributed by atoms with Gasteiger partial charge in [-0.2, -0.15) is 5.10 Å². The lowest BCUT2D eigenvalue weighted by Gasteiger charge is -2.17. The van der Waals surface area contributed by atoms with Crippen molar-refractivity contribution < 1.29 is 0 Å². The summed E-state index contributed by atoms with van der Waals surface area (Å²) in [5.74, 6) is 1.02. The average Bonchev–Trinajstić information content (AvgIpc) is 3.26. The van der Waals surface area contributed by atoms with Gasteiger partial charge in [0.2, 0.25) is 0 Å². The highest BCUT2D eigenvalue weighted by Crippen LogP contribution is 2.33. The van der Waals surface area contributed by atoms with Gasteiger partial charge in [-0.15, -0.1) is 0 Å². The fourth-order valence-electron chi connectivity index (χ4n) is 4.14. The number of rotatable bonds is 5. The second-order valence-corrected chi connectivity index (χ2v) is 7.25. The standard InChI is InChI=1S/C22H26N4/c1-25-13-20(22(24-25)18-10-6-3-7-11-18)15-26-14-19(12-23)21(16-26)17-8-4-2-5-9-17/h2-11,13,19,21H,12,14-16,23H2,1H3/t19-,21+/m1/s1. The molecule has 1 aromatic heterocycles. The molecule has 4 nitrogen and oxygen atoms in total. The smallest absolute Gasteiger partial charge is 0.0968 e. The van der Waals surface area contributed by atoms with E-state index < -0.39 is 0 Å². The number of nitrogens with zero attached hydrogens (tertiary/aromatic N) is 3. The van der Waals surface area contributed by atoms with Crippen LogP contribution in [0.25, 0.3) is 11.3 Å². The van der Waals surface area contributed by atoms with E-state index in [1.165, 1.54) is 16.7 Å². The monoisotopic (exact) mass is 346 g/mol. The van der Waals surface area contributed by atoms with Gasteiger partial charge in [-0.3, -0.25) is 9.58 Å². The molecule has 0 saturated carbocycles. The van der Waals surface area contributed by atoms with Crippen LogP contribution < -0.4 is 5.73 Å². The maximum Gasteiger partial charge on any atom is 0.0968 e. The van der Waals surface area contributed by atoms with E-state index in [-0.39, 0.29) is 0 Å². The van der Waals surface area contributed by atoms with Crippen LogP contribution in [-0.4, -0.2) is 34.3 Å². The van der Waals surface area contributed by atoms with Crippen molar-refractivity contribution in [3.63, 3.8) is 0 Å². The Morgan fingerprint density at radius 3 is 2.38 bits per heavy atom. The molecule has 0 bridgehead atoms. The molecule has 0 unspecified atom stereocenters. The molecular weight excluding hydrogens is 320 g/mol. The molecule has 4 heteroatoms. The van der Waals surface area contributed by atoms with Crippen molar-refractivity contribution in [2.75, 3.05) is 19.6 Å². The molecule has 1 aliphatic rings. The number of benzene rings is 2. The lowest BCUT2D eigenvalue weighted by Crippen LogP contribution is -2.23. The van der Waals surface area contributed by atoms with Crippen molar-refractivity contribution in [3.05, 3.63) is 78.0 Å². The van der Waals surface area contributed by atoms with Crippen LogP contribution in [0.3, 0.4) is 0 Å². The second kappa shape index (κ2) is 7.44. The molecule has 134 valence electrons. The Morgan fingerprint density at radius 1 is 1.00 bits per heavy atom. The summed E-state index contributed by atoms with van der Waals surface area (Å²) < 4.78 is 1.92. The predicted octanol–water partition coefficient (Wildman–Crippen LogP) is 3.26. The molecule has 0 amide bonds. The molecule has 1 saturated heterocycles. The van der Waals surface area contributed by atoms with E-state index in [0.29, 0.717) is 11.8 Å². The maximum atomic E-state index is 6.10. The molecule has 26 heavy (non-hydrogen) atoms. The first kappa shape index (κ1) is 17.0. The Kier molecular flexibility index (Phi) is 4.87. The van der Waals surface area contributed by atoms with E-state index >= 15 is 0 Å². The Labute approximate surface area is 155 Å². The topological polar surface area (TPSA) is 47.1 Å². The van der Waals surface area contributed by atoms with E-state index in [0.717, 1.165) is 31.9 Å². The van der Waals surface area contributed by atoms with Crippen molar-refractivity contribution in [2.24, 2.45) is 18.7 Å². The number of likely N-dealkylation sites (tertiary alicyclic amines) is 1. The molecular formula is C22H26N4. The third kappa shape index (κ3) is 3.43. The maximum absolute atomic E-state index is 6.10. The lowest BCUT2D eigenvalue weighted by molar-refractivity contribution is 0.317. The van der Waals surface area contributed by atoms with Crippen LogP contribution in [0.4, 0.5) is 0 Å². The molecule has 2 aromatic carbocycles. The van der Waals surface area contributed by atoms with Gasteiger partial charge < -0.3 is 5.73 Å². The first-order chi connectivity index (χ1) is 12.7. The summed E-state index contributed by atoms with van der Waals surface area (Å²) in [7, 11) is 2.00. The van der Waals surface area contributed by atoms with Crippen molar-refractivity contribution in [1.82, 2.24) is 14.7 Å². The molecule has 2 N–H and O–H groups in total. The molecule has 2 heterocycles. The minimum Gasteiger partial charge on any atom is -0.330 e. The Bertz CT molecular complexity index is 841. The summed E-state index contributed by atoms with van der Waals surface area (Å²) in [6.45, 7) is 3.74. The summed E-state index contributed by atoms with van der Waals surface area (Å²) in [5.41, 5.74) is 11.0. The van der Waals surface area contributed by atoms with E-state index in [9.17, 15) is 0 Å². The van der Waals surface area contributed by atoms with Crippen LogP contribution in [0.5, 0.6) is 0 Å². The number of aromatic nitrogens is 2. The van der Waals surface area contributed by atoms with Gasteiger partial charge in [0.1, 0.15) is 0 Å². The van der Waals surface area contributed by atoms with E-state index in [1.807, 2.05) is 17.8 Å². The Hall–Kier alpha value is -2.43. The highest BCUT2D eigenvalue weighted by Gasteiger charge is 2.33. The van der Waals surface area contributed by atoms with Crippen molar-refractivity contribution in [2.45, 2.75) is 12.5 Å². The first-order valence-corrected chi connectivity index (χ1v) is 9.30. The highest BCUT2D eigenvalue weighted by atomic mass is 15.3. The summed E-state index contributed by atoms with van der Waals surface area (Å²) in [4.78, 5) is 2.53. The SMILES string of the molecule is Cn1cc(CN2C[C@@H](CN)[C@H](c3ccccc3)C2)c(-c2ccccc2)n1. The molecule has 3 aromatic rings. The molecule has 0 radical (unpaired) electrons. The van der Waals surface area contributed by atoms with Gasteiger partial charge in [0.15, 0.2) is 0 Å². The van der Waals surface area contributed by atoms with Gasteiger partial charge in [-0.1, -0.05) is 60.7 Å². The number of hydrogen-bond acceptors (Lipinski definition) is 3. The van der Waals surface area contributed by atoms with Crippen LogP contribution >= 0.6 is 0 Å². The molecule has 1 aliphatic heterocycles. The minimum atomic E-state index is 0.509. The third-order valence-corrected chi connectivity index (χ3v) is 5.39. The van der Waals surface area contributed by atoms with Crippen LogP contribution in [0.2, 0.25) is 0 Å². The van der Waals surface area contributed by atoms with Crippen LogP contribution in [0.1, 0.15) is 17.0 Å². The van der Waals surface area contributed by atoms with Crippen LogP contribution in [0.15, 0.2) is 66.9 Å². The van der Waals surface area contributed by atoms with Crippen LogP contribution in [-0.2, 0) is 13.6 Å². The quantitative estimate of drug-likeness (QED) is 0.771. The molecule has 2 atom stereocenters. The number of nitrogens with two attached hydrogens (primary N) is 1.